The zero-order valence-corrected chi connectivity index (χ0v) is 34.5. The van der Waals surface area contributed by atoms with Crippen LogP contribution in [0, 0.1) is 5.92 Å². The summed E-state index contributed by atoms with van der Waals surface area (Å²) in [6.07, 6.45) is 4.00. The van der Waals surface area contributed by atoms with E-state index in [1.54, 1.807) is 25.4 Å². The van der Waals surface area contributed by atoms with Crippen molar-refractivity contribution < 1.29 is 23.9 Å². The highest BCUT2D eigenvalue weighted by Gasteiger charge is 2.45. The number of hydrogen-bond acceptors (Lipinski definition) is 12. The average molecular weight is 824 g/mol. The molecule has 16 heteroatoms. The number of amides is 4. The van der Waals surface area contributed by atoms with E-state index in [0.29, 0.717) is 39.6 Å². The summed E-state index contributed by atoms with van der Waals surface area (Å²) in [6, 6.07) is 18.7. The molecule has 4 aliphatic rings. The van der Waals surface area contributed by atoms with Gasteiger partial charge in [0.05, 0.1) is 30.1 Å². The number of fused-ring (bicyclic) bond motifs is 1. The van der Waals surface area contributed by atoms with Crippen LogP contribution in [0.4, 0.5) is 34.5 Å². The van der Waals surface area contributed by atoms with Crippen molar-refractivity contribution in [3.05, 3.63) is 83.0 Å². The quantitative estimate of drug-likeness (QED) is 0.131. The molecule has 3 N–H and O–H groups in total. The zero-order chi connectivity index (χ0) is 40.5. The van der Waals surface area contributed by atoms with Crippen LogP contribution < -0.4 is 35.8 Å². The number of anilines is 6. The molecule has 1 aromatic heterocycles. The molecule has 1 unspecified atom stereocenters. The van der Waals surface area contributed by atoms with Crippen molar-refractivity contribution in [2.75, 3.05) is 86.7 Å². The maximum atomic E-state index is 13.4. The van der Waals surface area contributed by atoms with E-state index in [0.717, 1.165) is 86.3 Å². The van der Waals surface area contributed by atoms with E-state index >= 15 is 0 Å². The molecule has 0 spiro atoms. The van der Waals surface area contributed by atoms with Crippen LogP contribution >= 0.6 is 19.5 Å². The number of piperazine rings is 1. The molecular formula is C42H47ClN9O5P. The molecule has 0 aliphatic carbocycles. The van der Waals surface area contributed by atoms with Gasteiger partial charge >= 0.3 is 0 Å². The Hall–Kier alpha value is -5.30. The topological polar surface area (TPSA) is 152 Å². The van der Waals surface area contributed by atoms with Gasteiger partial charge in [-0.1, -0.05) is 37.7 Å². The number of carbonyl (C=O) groups excluding carboxylic acids is 4. The molecule has 0 bridgehead atoms. The zero-order valence-electron chi connectivity index (χ0n) is 32.8. The average Bonchev–Trinajstić information content (AvgIpc) is 3.47. The van der Waals surface area contributed by atoms with E-state index in [1.165, 1.54) is 5.30 Å². The van der Waals surface area contributed by atoms with Gasteiger partial charge in [-0.15, -0.1) is 0 Å². The number of nitrogens with one attached hydrogen (secondary N) is 3. The highest BCUT2D eigenvalue weighted by atomic mass is 35.5. The van der Waals surface area contributed by atoms with Gasteiger partial charge in [0.15, 0.2) is 5.82 Å². The largest absolute Gasteiger partial charge is 0.494 e. The van der Waals surface area contributed by atoms with Crippen LogP contribution in [-0.2, 0) is 9.59 Å². The highest BCUT2D eigenvalue weighted by Crippen LogP contribution is 2.36. The third kappa shape index (κ3) is 8.18. The number of aromatic nitrogens is 2. The summed E-state index contributed by atoms with van der Waals surface area (Å²) in [5.41, 5.74) is 4.35. The van der Waals surface area contributed by atoms with Crippen molar-refractivity contribution in [2.24, 2.45) is 5.92 Å². The summed E-state index contributed by atoms with van der Waals surface area (Å²) in [4.78, 5) is 67.9. The molecule has 14 nitrogen and oxygen atoms in total. The predicted molar refractivity (Wildman–Crippen MR) is 228 cm³/mol. The molecular weight excluding hydrogens is 777 g/mol. The molecule has 3 fully saturated rings. The van der Waals surface area contributed by atoms with Crippen molar-refractivity contribution >= 4 is 83.0 Å². The summed E-state index contributed by atoms with van der Waals surface area (Å²) in [5.74, 6) is 0.267. The van der Waals surface area contributed by atoms with E-state index in [1.807, 2.05) is 30.3 Å². The number of hydrogen-bond donors (Lipinski definition) is 3. The lowest BCUT2D eigenvalue weighted by molar-refractivity contribution is -0.136. The van der Waals surface area contributed by atoms with E-state index in [4.69, 9.17) is 21.3 Å². The van der Waals surface area contributed by atoms with Gasteiger partial charge in [0.1, 0.15) is 16.8 Å². The number of methoxy groups -OCH3 is 1. The lowest BCUT2D eigenvalue weighted by Crippen LogP contribution is -2.54. The molecule has 302 valence electrons. The third-order valence-electron chi connectivity index (χ3n) is 11.5. The van der Waals surface area contributed by atoms with Gasteiger partial charge in [-0.25, -0.2) is 4.98 Å². The van der Waals surface area contributed by atoms with Crippen LogP contribution in [0.2, 0.25) is 5.02 Å². The van der Waals surface area contributed by atoms with Gasteiger partial charge in [-0.05, 0) is 80.2 Å². The molecule has 3 aromatic carbocycles. The smallest absolute Gasteiger partial charge is 0.262 e. The summed E-state index contributed by atoms with van der Waals surface area (Å²) < 4.78 is 5.82. The van der Waals surface area contributed by atoms with Crippen LogP contribution in [0.3, 0.4) is 0 Å². The molecule has 1 atom stereocenters. The Balaban J connectivity index is 0.828. The third-order valence-corrected chi connectivity index (χ3v) is 13.1. The second kappa shape index (κ2) is 16.9. The highest BCUT2D eigenvalue weighted by molar-refractivity contribution is 7.64. The molecule has 0 saturated carbocycles. The van der Waals surface area contributed by atoms with Crippen LogP contribution in [0.1, 0.15) is 46.4 Å². The van der Waals surface area contributed by atoms with Gasteiger partial charge in [0, 0.05) is 75.4 Å². The number of ether oxygens (including phenoxy) is 1. The molecule has 4 aromatic rings. The lowest BCUT2D eigenvalue weighted by Gasteiger charge is -2.40. The number of nitrogens with zero attached hydrogens (tertiary/aromatic N) is 6. The number of imide groups is 2. The van der Waals surface area contributed by atoms with Crippen LogP contribution in [-0.4, -0.2) is 116 Å². The fraction of sp³-hybridized carbons (Fsp3) is 0.381. The number of rotatable bonds is 11. The van der Waals surface area contributed by atoms with E-state index in [-0.39, 0.29) is 26.7 Å². The number of carbonyl (C=O) groups is 4. The van der Waals surface area contributed by atoms with Crippen molar-refractivity contribution in [2.45, 2.75) is 31.7 Å². The summed E-state index contributed by atoms with van der Waals surface area (Å²) in [6.45, 7) is 10.8. The molecule has 58 heavy (non-hydrogen) atoms. The van der Waals surface area contributed by atoms with Crippen LogP contribution in [0.25, 0.3) is 0 Å². The first-order valence-electron chi connectivity index (χ1n) is 19.6. The van der Waals surface area contributed by atoms with E-state index in [2.05, 4.69) is 67.2 Å². The first-order chi connectivity index (χ1) is 28.1. The van der Waals surface area contributed by atoms with E-state index < -0.39 is 23.8 Å². The Bertz CT molecular complexity index is 2240. The number of benzene rings is 3. The van der Waals surface area contributed by atoms with Crippen molar-refractivity contribution in [3.8, 4) is 5.75 Å². The fourth-order valence-electron chi connectivity index (χ4n) is 8.30. The Labute approximate surface area is 344 Å². The minimum absolute atomic E-state index is 0.0952. The Kier molecular flexibility index (Phi) is 11.5. The normalized spacial score (nSPS) is 19.1. The molecule has 5 heterocycles. The van der Waals surface area contributed by atoms with Crippen LogP contribution in [0.5, 0.6) is 5.75 Å². The number of halogens is 1. The van der Waals surface area contributed by atoms with Gasteiger partial charge in [0.2, 0.25) is 17.8 Å². The van der Waals surface area contributed by atoms with Crippen molar-refractivity contribution in [1.82, 2.24) is 25.1 Å². The fourth-order valence-corrected chi connectivity index (χ4v) is 9.43. The Morgan fingerprint density at radius 1 is 0.828 bits per heavy atom. The standard InChI is InChI=1S/C42H47ClN9O5P/c1-57-35-23-28(9-11-32(35)46-42-44-24-31(43)38(48-42)45-33-6-4-5-7-36(33)58(2)3)50-16-14-26(15-17-50)25-49-18-20-51(21-19-49)27-8-10-29-30(22-27)41(56)52(40(29)55)34-12-13-37(53)47-39(34)54/h4-11,22-24,26,34H,12-21,25H2,1-3H3,(H,47,53,54)(H2,44,45,46,48). The van der Waals surface area contributed by atoms with Crippen LogP contribution in [0.15, 0.2) is 66.9 Å². The van der Waals surface area contributed by atoms with Gasteiger partial charge in [-0.3, -0.25) is 34.3 Å². The summed E-state index contributed by atoms with van der Waals surface area (Å²) in [7, 11) is 1.34. The maximum Gasteiger partial charge on any atom is 0.262 e. The second-order valence-electron chi connectivity index (χ2n) is 15.3. The first-order valence-corrected chi connectivity index (χ1v) is 22.3. The number of piperidine rings is 2. The molecule has 0 radical (unpaired) electrons. The summed E-state index contributed by atoms with van der Waals surface area (Å²) in [5, 5.41) is 10.6. The lowest BCUT2D eigenvalue weighted by atomic mass is 9.95. The van der Waals surface area contributed by atoms with Crippen molar-refractivity contribution in [3.63, 3.8) is 0 Å². The minimum Gasteiger partial charge on any atom is -0.494 e. The number of para-hydroxylation sites is 1. The SMILES string of the molecule is COc1cc(N2CCC(CN3CCN(c4ccc5c(c4)C(=O)N(C4CCC(=O)NC4=O)C5=O)CC3)CC2)ccc1Nc1ncc(Cl)c(Nc2ccccc2P(C)C)n1. The minimum atomic E-state index is -0.970. The molecule has 8 rings (SSSR count). The molecule has 3 saturated heterocycles. The van der Waals surface area contributed by atoms with E-state index in [9.17, 15) is 19.2 Å². The van der Waals surface area contributed by atoms with Gasteiger partial charge < -0.3 is 25.2 Å². The first kappa shape index (κ1) is 39.5. The Morgan fingerprint density at radius 2 is 1.53 bits per heavy atom. The summed E-state index contributed by atoms with van der Waals surface area (Å²) >= 11 is 6.51. The maximum absolute atomic E-state index is 13.4. The predicted octanol–water partition coefficient (Wildman–Crippen LogP) is 5.43. The van der Waals surface area contributed by atoms with Gasteiger partial charge in [0.25, 0.3) is 11.8 Å². The molecule has 4 aliphatic heterocycles. The van der Waals surface area contributed by atoms with Crippen molar-refractivity contribution in [1.29, 1.82) is 0 Å². The second-order valence-corrected chi connectivity index (χ2v) is 18.0. The molecule has 4 amide bonds. The monoisotopic (exact) mass is 823 g/mol. The Morgan fingerprint density at radius 3 is 2.28 bits per heavy atom. The van der Waals surface area contributed by atoms with Gasteiger partial charge in [-0.2, -0.15) is 4.98 Å².